The molecule has 0 atom stereocenters. The van der Waals surface area contributed by atoms with Crippen molar-refractivity contribution in [2.75, 3.05) is 20.8 Å². The van der Waals surface area contributed by atoms with Gasteiger partial charge in [-0.25, -0.2) is 4.68 Å². The molecule has 0 spiro atoms. The predicted octanol–water partition coefficient (Wildman–Crippen LogP) is 7.58. The van der Waals surface area contributed by atoms with Crippen molar-refractivity contribution in [3.8, 4) is 34.2 Å². The maximum atomic E-state index is 13.6. The molecule has 1 fully saturated rings. The number of amides is 1. The van der Waals surface area contributed by atoms with E-state index in [4.69, 9.17) is 31.5 Å². The van der Waals surface area contributed by atoms with Gasteiger partial charge in [0, 0.05) is 23.9 Å². The molecule has 1 aliphatic rings. The Balaban J connectivity index is 1.24. The van der Waals surface area contributed by atoms with Crippen molar-refractivity contribution in [2.45, 2.75) is 13.0 Å². The summed E-state index contributed by atoms with van der Waals surface area (Å²) in [7, 11) is 3.21. The summed E-state index contributed by atoms with van der Waals surface area (Å²) in [6.45, 7) is 0.944. The van der Waals surface area contributed by atoms with E-state index in [-0.39, 0.29) is 5.91 Å². The highest BCUT2D eigenvalue weighted by Gasteiger charge is 2.32. The Kier molecular flexibility index (Phi) is 9.28. The minimum atomic E-state index is -0.117. The van der Waals surface area contributed by atoms with Crippen molar-refractivity contribution < 1.29 is 19.0 Å². The molecule has 2 heterocycles. The number of aromatic nitrogens is 2. The molecule has 0 N–H and O–H groups in total. The van der Waals surface area contributed by atoms with Gasteiger partial charge in [-0.1, -0.05) is 78.6 Å². The van der Waals surface area contributed by atoms with E-state index in [1.165, 1.54) is 11.8 Å². The number of hydrogen-bond acceptors (Lipinski definition) is 7. The zero-order valence-corrected chi connectivity index (χ0v) is 26.5. The van der Waals surface area contributed by atoms with E-state index in [9.17, 15) is 4.79 Å². The zero-order valence-electron chi connectivity index (χ0n) is 24.9. The molecule has 1 saturated heterocycles. The number of thiocarbonyl (C=S) groups is 1. The lowest BCUT2D eigenvalue weighted by Crippen LogP contribution is -2.30. The van der Waals surface area contributed by atoms with E-state index in [0.29, 0.717) is 40.3 Å². The highest BCUT2D eigenvalue weighted by Crippen LogP contribution is 2.36. The van der Waals surface area contributed by atoms with Crippen LogP contribution in [0.1, 0.15) is 16.7 Å². The van der Waals surface area contributed by atoms with Crippen LogP contribution in [0.15, 0.2) is 114 Å². The minimum absolute atomic E-state index is 0.117. The molecule has 1 amide bonds. The van der Waals surface area contributed by atoms with Crippen molar-refractivity contribution >= 4 is 40.3 Å². The molecule has 5 aromatic rings. The number of thioether (sulfide) groups is 1. The molecule has 0 aliphatic carbocycles. The maximum absolute atomic E-state index is 13.6. The Labute approximate surface area is 272 Å². The van der Waals surface area contributed by atoms with Gasteiger partial charge in [-0.05, 0) is 72.2 Å². The molecule has 1 aromatic heterocycles. The zero-order chi connectivity index (χ0) is 31.2. The molecular formula is C36H31N3O4S2. The highest BCUT2D eigenvalue weighted by atomic mass is 32.2. The topological polar surface area (TPSA) is 65.8 Å². The number of ether oxygens (including phenoxy) is 3. The van der Waals surface area contributed by atoms with Crippen LogP contribution in [-0.2, 0) is 17.8 Å². The van der Waals surface area contributed by atoms with Crippen molar-refractivity contribution in [3.05, 3.63) is 131 Å². The van der Waals surface area contributed by atoms with Crippen LogP contribution in [0, 0.1) is 0 Å². The van der Waals surface area contributed by atoms with Gasteiger partial charge >= 0.3 is 0 Å². The van der Waals surface area contributed by atoms with Gasteiger partial charge in [-0.3, -0.25) is 9.69 Å². The average molecular weight is 634 g/mol. The van der Waals surface area contributed by atoms with Crippen molar-refractivity contribution in [2.24, 2.45) is 0 Å². The van der Waals surface area contributed by atoms with Crippen molar-refractivity contribution in [1.29, 1.82) is 0 Å². The van der Waals surface area contributed by atoms with Crippen LogP contribution in [0.4, 0.5) is 0 Å². The molecule has 0 unspecified atom stereocenters. The summed E-state index contributed by atoms with van der Waals surface area (Å²) in [6, 6.07) is 33.6. The third-order valence-corrected chi connectivity index (χ3v) is 8.75. The first-order chi connectivity index (χ1) is 22.0. The van der Waals surface area contributed by atoms with Crippen molar-refractivity contribution in [3.63, 3.8) is 0 Å². The first-order valence-corrected chi connectivity index (χ1v) is 15.6. The second-order valence-electron chi connectivity index (χ2n) is 10.3. The lowest BCUT2D eigenvalue weighted by molar-refractivity contribution is -0.122. The van der Waals surface area contributed by atoms with Crippen LogP contribution in [0.2, 0.25) is 0 Å². The second kappa shape index (κ2) is 13.8. The number of para-hydroxylation sites is 1. The summed E-state index contributed by atoms with van der Waals surface area (Å²) in [5.41, 5.74) is 5.52. The summed E-state index contributed by atoms with van der Waals surface area (Å²) < 4.78 is 19.1. The van der Waals surface area contributed by atoms with Crippen LogP contribution in [-0.4, -0.2) is 45.7 Å². The largest absolute Gasteiger partial charge is 0.493 e. The van der Waals surface area contributed by atoms with Crippen molar-refractivity contribution in [1.82, 2.24) is 14.7 Å². The lowest BCUT2D eigenvalue weighted by atomic mass is 10.1. The molecule has 6 rings (SSSR count). The summed E-state index contributed by atoms with van der Waals surface area (Å²) >= 11 is 6.95. The number of benzene rings is 4. The van der Waals surface area contributed by atoms with Crippen LogP contribution in [0.25, 0.3) is 23.0 Å². The first kappa shape index (κ1) is 30.2. The van der Waals surface area contributed by atoms with E-state index in [0.717, 1.165) is 39.4 Å². The molecule has 4 aromatic carbocycles. The van der Waals surface area contributed by atoms with Gasteiger partial charge < -0.3 is 14.2 Å². The summed E-state index contributed by atoms with van der Waals surface area (Å²) in [5, 5.41) is 4.93. The molecule has 7 nitrogen and oxygen atoms in total. The quantitative estimate of drug-likeness (QED) is 0.110. The summed E-state index contributed by atoms with van der Waals surface area (Å²) in [4.78, 5) is 15.8. The summed E-state index contributed by atoms with van der Waals surface area (Å²) in [6.07, 6.45) is 4.45. The summed E-state index contributed by atoms with van der Waals surface area (Å²) in [5.74, 6) is 1.96. The molecular weight excluding hydrogens is 603 g/mol. The fraction of sp³-hybridized carbons (Fsp3) is 0.139. The van der Waals surface area contributed by atoms with E-state index in [2.05, 4.69) is 0 Å². The third-order valence-electron chi connectivity index (χ3n) is 7.37. The average Bonchev–Trinajstić information content (AvgIpc) is 3.63. The lowest BCUT2D eigenvalue weighted by Gasteiger charge is -2.15. The van der Waals surface area contributed by atoms with Gasteiger partial charge in [0.15, 0.2) is 11.5 Å². The van der Waals surface area contributed by atoms with Crippen LogP contribution in [0.3, 0.4) is 0 Å². The number of carbonyl (C=O) groups is 1. The SMILES string of the molecule is COc1ccc(CCN2C(=O)C(=Cc3cn(-c4ccccc4)nc3-c3ccc(OCc4ccccc4)cc3)SC2=S)cc1OC. The molecule has 0 bridgehead atoms. The number of carbonyl (C=O) groups excluding carboxylic acids is 1. The van der Waals surface area contributed by atoms with Gasteiger partial charge in [0.2, 0.25) is 0 Å². The van der Waals surface area contributed by atoms with Gasteiger partial charge in [0.25, 0.3) is 5.91 Å². The van der Waals surface area contributed by atoms with Gasteiger partial charge in [-0.2, -0.15) is 5.10 Å². The second-order valence-corrected chi connectivity index (χ2v) is 12.0. The fourth-order valence-electron chi connectivity index (χ4n) is 4.99. The predicted molar refractivity (Wildman–Crippen MR) is 183 cm³/mol. The minimum Gasteiger partial charge on any atom is -0.493 e. The molecule has 1 aliphatic heterocycles. The smallest absolute Gasteiger partial charge is 0.266 e. The standard InChI is InChI=1S/C36H31N3O4S2/c1-41-31-18-13-25(21-32(31)42-2)19-20-38-35(40)33(45-36(38)44)22-28-23-39(29-11-7-4-8-12-29)37-34(28)27-14-16-30(17-15-27)43-24-26-9-5-3-6-10-26/h3-18,21-23H,19-20,24H2,1-2H3. The Bertz CT molecular complexity index is 1840. The molecule has 45 heavy (non-hydrogen) atoms. The number of hydrogen-bond donors (Lipinski definition) is 0. The van der Waals surface area contributed by atoms with E-state index in [1.807, 2.05) is 120 Å². The molecule has 0 radical (unpaired) electrons. The molecule has 9 heteroatoms. The number of rotatable bonds is 11. The fourth-order valence-corrected chi connectivity index (χ4v) is 6.29. The monoisotopic (exact) mass is 633 g/mol. The molecule has 0 saturated carbocycles. The van der Waals surface area contributed by atoms with Crippen LogP contribution in [0.5, 0.6) is 17.2 Å². The van der Waals surface area contributed by atoms with Crippen LogP contribution >= 0.6 is 24.0 Å². The number of methoxy groups -OCH3 is 2. The van der Waals surface area contributed by atoms with E-state index < -0.39 is 0 Å². The Hall–Kier alpha value is -4.86. The Morgan fingerprint density at radius 2 is 1.56 bits per heavy atom. The Morgan fingerprint density at radius 1 is 0.844 bits per heavy atom. The van der Waals surface area contributed by atoms with Crippen LogP contribution < -0.4 is 14.2 Å². The number of nitrogens with zero attached hydrogens (tertiary/aromatic N) is 3. The van der Waals surface area contributed by atoms with E-state index >= 15 is 0 Å². The Morgan fingerprint density at radius 3 is 2.27 bits per heavy atom. The highest BCUT2D eigenvalue weighted by molar-refractivity contribution is 8.26. The first-order valence-electron chi connectivity index (χ1n) is 14.4. The normalized spacial score (nSPS) is 13.8. The maximum Gasteiger partial charge on any atom is 0.266 e. The third kappa shape index (κ3) is 6.95. The van der Waals surface area contributed by atoms with Gasteiger partial charge in [0.1, 0.15) is 16.7 Å². The van der Waals surface area contributed by atoms with Gasteiger partial charge in [0.05, 0.1) is 30.5 Å². The van der Waals surface area contributed by atoms with Gasteiger partial charge in [-0.15, -0.1) is 0 Å². The molecule has 226 valence electrons. The van der Waals surface area contributed by atoms with E-state index in [1.54, 1.807) is 19.1 Å².